The zero-order valence-corrected chi connectivity index (χ0v) is 26.1. The van der Waals surface area contributed by atoms with Crippen molar-refractivity contribution in [2.24, 2.45) is 0 Å². The van der Waals surface area contributed by atoms with Crippen LogP contribution in [0.25, 0.3) is 0 Å². The fourth-order valence-corrected chi connectivity index (χ4v) is 5.05. The third-order valence-corrected chi connectivity index (χ3v) is 7.60. The monoisotopic (exact) mass is 644 g/mol. The van der Waals surface area contributed by atoms with Crippen LogP contribution in [0.15, 0.2) is 140 Å². The van der Waals surface area contributed by atoms with Crippen LogP contribution in [-0.4, -0.2) is 40.1 Å². The minimum atomic E-state index is -1.79. The lowest BCUT2D eigenvalue weighted by atomic mass is 9.99. The van der Waals surface area contributed by atoms with Crippen molar-refractivity contribution in [1.29, 1.82) is 0 Å². The van der Waals surface area contributed by atoms with Gasteiger partial charge in [0.05, 0.1) is 6.04 Å². The molecule has 2 amide bonds. The Morgan fingerprint density at radius 1 is 0.604 bits per heavy atom. The van der Waals surface area contributed by atoms with Crippen LogP contribution in [0.4, 0.5) is 0 Å². The second-order valence-corrected chi connectivity index (χ2v) is 11.1. The van der Waals surface area contributed by atoms with Crippen molar-refractivity contribution in [2.75, 3.05) is 0 Å². The van der Waals surface area contributed by atoms with Gasteiger partial charge in [0.2, 0.25) is 0 Å². The number of aliphatic hydroxyl groups excluding tert-OH is 1. The molecule has 0 spiro atoms. The quantitative estimate of drug-likeness (QED) is 0.118. The number of carboxylic acids is 1. The molecule has 9 nitrogen and oxygen atoms in total. The smallest absolute Gasteiger partial charge is 0.326 e. The van der Waals surface area contributed by atoms with Crippen LogP contribution in [-0.2, 0) is 29.2 Å². The molecule has 0 aliphatic carbocycles. The summed E-state index contributed by atoms with van der Waals surface area (Å²) in [5.41, 5.74) is 3.29. The molecule has 0 heterocycles. The van der Waals surface area contributed by atoms with E-state index in [4.69, 9.17) is 9.47 Å². The fraction of sp³-hybridized carbons (Fsp3) is 0.154. The molecule has 0 saturated heterocycles. The average Bonchev–Trinajstić information content (AvgIpc) is 3.13. The van der Waals surface area contributed by atoms with Gasteiger partial charge in [-0.2, -0.15) is 0 Å². The maximum absolute atomic E-state index is 13.4. The van der Waals surface area contributed by atoms with Gasteiger partial charge >= 0.3 is 5.97 Å². The molecule has 5 aromatic rings. The van der Waals surface area contributed by atoms with Gasteiger partial charge in [-0.25, -0.2) is 4.79 Å². The third-order valence-electron chi connectivity index (χ3n) is 7.60. The van der Waals surface area contributed by atoms with Gasteiger partial charge in [-0.15, -0.1) is 0 Å². The molecular weight excluding hydrogens is 608 g/mol. The third kappa shape index (κ3) is 9.31. The number of carboxylic acid groups (broad SMARTS) is 1. The Bertz CT molecular complexity index is 1790. The molecule has 48 heavy (non-hydrogen) atoms. The molecule has 0 aromatic heterocycles. The number of rotatable bonds is 15. The van der Waals surface area contributed by atoms with E-state index in [1.165, 1.54) is 0 Å². The molecule has 0 radical (unpaired) electrons. The predicted octanol–water partition coefficient (Wildman–Crippen LogP) is 5.49. The van der Waals surface area contributed by atoms with Crippen LogP contribution in [0.5, 0.6) is 11.5 Å². The lowest BCUT2D eigenvalue weighted by molar-refractivity contribution is -0.143. The predicted molar refractivity (Wildman–Crippen MR) is 180 cm³/mol. The second kappa shape index (κ2) is 16.6. The van der Waals surface area contributed by atoms with Crippen molar-refractivity contribution < 1.29 is 34.1 Å². The van der Waals surface area contributed by atoms with Crippen molar-refractivity contribution in [1.82, 2.24) is 10.6 Å². The second-order valence-electron chi connectivity index (χ2n) is 11.1. The van der Waals surface area contributed by atoms with Gasteiger partial charge in [0.25, 0.3) is 11.8 Å². The molecule has 0 bridgehead atoms. The average molecular weight is 645 g/mol. The Kier molecular flexibility index (Phi) is 11.5. The first-order chi connectivity index (χ1) is 23.4. The first-order valence-corrected chi connectivity index (χ1v) is 15.5. The number of nitrogens with one attached hydrogen (secondary N) is 2. The van der Waals surface area contributed by atoms with Crippen LogP contribution in [0.3, 0.4) is 0 Å². The summed E-state index contributed by atoms with van der Waals surface area (Å²) >= 11 is 0. The van der Waals surface area contributed by atoms with E-state index in [1.54, 1.807) is 78.9 Å². The minimum Gasteiger partial charge on any atom is -0.485 e. The molecule has 3 atom stereocenters. The van der Waals surface area contributed by atoms with Gasteiger partial charge in [0.15, 0.2) is 17.6 Å². The zero-order valence-electron chi connectivity index (χ0n) is 26.1. The number of carbonyl (C=O) groups excluding carboxylic acids is 2. The molecule has 0 fully saturated rings. The number of hydrogen-bond acceptors (Lipinski definition) is 6. The number of aliphatic hydroxyl groups is 1. The molecule has 5 rings (SSSR count). The van der Waals surface area contributed by atoms with Crippen molar-refractivity contribution >= 4 is 17.8 Å². The van der Waals surface area contributed by atoms with Crippen LogP contribution < -0.4 is 20.1 Å². The van der Waals surface area contributed by atoms with E-state index in [9.17, 15) is 24.6 Å². The first kappa shape index (κ1) is 33.4. The number of benzene rings is 5. The van der Waals surface area contributed by atoms with E-state index in [0.29, 0.717) is 34.8 Å². The van der Waals surface area contributed by atoms with Gasteiger partial charge in [0, 0.05) is 12.0 Å². The summed E-state index contributed by atoms with van der Waals surface area (Å²) in [6.07, 6.45) is -1.90. The van der Waals surface area contributed by atoms with Gasteiger partial charge < -0.3 is 30.3 Å². The van der Waals surface area contributed by atoms with Crippen LogP contribution in [0.2, 0.25) is 0 Å². The highest BCUT2D eigenvalue weighted by Crippen LogP contribution is 2.31. The number of hydrogen-bond donors (Lipinski definition) is 4. The Morgan fingerprint density at radius 3 is 1.69 bits per heavy atom. The van der Waals surface area contributed by atoms with Gasteiger partial charge in [-0.1, -0.05) is 115 Å². The van der Waals surface area contributed by atoms with Gasteiger partial charge in [-0.05, 0) is 46.5 Å². The number of amides is 2. The van der Waals surface area contributed by atoms with Crippen molar-refractivity contribution in [2.45, 2.75) is 37.8 Å². The van der Waals surface area contributed by atoms with E-state index < -0.39 is 36.0 Å². The largest absolute Gasteiger partial charge is 0.485 e. The highest BCUT2D eigenvalue weighted by Gasteiger charge is 2.32. The highest BCUT2D eigenvalue weighted by molar-refractivity contribution is 5.95. The maximum Gasteiger partial charge on any atom is 0.326 e. The summed E-state index contributed by atoms with van der Waals surface area (Å²) in [6.45, 7) is 0.559. The summed E-state index contributed by atoms with van der Waals surface area (Å²) in [5, 5.41) is 26.4. The molecular formula is C39H36N2O7. The van der Waals surface area contributed by atoms with E-state index in [2.05, 4.69) is 10.6 Å². The van der Waals surface area contributed by atoms with E-state index in [0.717, 1.165) is 11.1 Å². The summed E-state index contributed by atoms with van der Waals surface area (Å²) in [6, 6.07) is 38.7. The SMILES string of the molecule is O=C(N[C@@H](c1ccccc1)[C@@H](O)C(=O)N[C@@H](Cc1ccc(OCc2ccccc2)c(OCc2ccccc2)c1)C(=O)O)c1ccccc1. The molecule has 0 aliphatic rings. The van der Waals surface area contributed by atoms with Crippen molar-refractivity contribution in [3.63, 3.8) is 0 Å². The summed E-state index contributed by atoms with van der Waals surface area (Å²) in [5.74, 6) is -1.85. The normalized spacial score (nSPS) is 12.6. The summed E-state index contributed by atoms with van der Waals surface area (Å²) in [4.78, 5) is 38.7. The van der Waals surface area contributed by atoms with Crippen molar-refractivity contribution in [3.8, 4) is 11.5 Å². The topological polar surface area (TPSA) is 134 Å². The van der Waals surface area contributed by atoms with Crippen LogP contribution >= 0.6 is 0 Å². The molecule has 244 valence electrons. The molecule has 9 heteroatoms. The Labute approximate surface area is 278 Å². The van der Waals surface area contributed by atoms with E-state index >= 15 is 0 Å². The Hall–Kier alpha value is -5.93. The molecule has 4 N–H and O–H groups in total. The molecule has 0 saturated carbocycles. The number of carbonyl (C=O) groups is 3. The first-order valence-electron chi connectivity index (χ1n) is 15.5. The zero-order chi connectivity index (χ0) is 33.7. The van der Waals surface area contributed by atoms with Crippen LogP contribution in [0.1, 0.15) is 38.7 Å². The van der Waals surface area contributed by atoms with Gasteiger partial charge in [-0.3, -0.25) is 9.59 Å². The fourth-order valence-electron chi connectivity index (χ4n) is 5.05. The molecule has 0 unspecified atom stereocenters. The number of ether oxygens (including phenoxy) is 2. The highest BCUT2D eigenvalue weighted by atomic mass is 16.5. The molecule has 0 aliphatic heterocycles. The number of aliphatic carboxylic acids is 1. The minimum absolute atomic E-state index is 0.110. The lowest BCUT2D eigenvalue weighted by Crippen LogP contribution is -2.50. The van der Waals surface area contributed by atoms with Crippen molar-refractivity contribution in [3.05, 3.63) is 167 Å². The van der Waals surface area contributed by atoms with E-state index in [1.807, 2.05) is 60.7 Å². The summed E-state index contributed by atoms with van der Waals surface area (Å²) in [7, 11) is 0. The van der Waals surface area contributed by atoms with Crippen LogP contribution in [0, 0.1) is 0 Å². The summed E-state index contributed by atoms with van der Waals surface area (Å²) < 4.78 is 12.2. The Morgan fingerprint density at radius 2 is 1.12 bits per heavy atom. The van der Waals surface area contributed by atoms with E-state index in [-0.39, 0.29) is 13.0 Å². The Balaban J connectivity index is 1.32. The molecule has 5 aromatic carbocycles. The maximum atomic E-state index is 13.4. The van der Waals surface area contributed by atoms with Gasteiger partial charge in [0.1, 0.15) is 19.3 Å². The lowest BCUT2D eigenvalue weighted by Gasteiger charge is -2.25. The standard InChI is InChI=1S/C39H36N2O7/c42-36(35(30-17-9-3-10-18-30)41-37(43)31-19-11-4-12-20-31)38(44)40-32(39(45)46)23-29-21-22-33(47-25-27-13-5-1-6-14-27)34(24-29)48-26-28-15-7-2-8-16-28/h1-22,24,32,35-36,42H,23,25-26H2,(H,40,44)(H,41,43)(H,45,46)/t32-,35-,36+/m0/s1.